The van der Waals surface area contributed by atoms with E-state index in [0.717, 1.165) is 40.8 Å². The Labute approximate surface area is 181 Å². The van der Waals surface area contributed by atoms with Crippen LogP contribution < -0.4 is 5.32 Å². The predicted molar refractivity (Wildman–Crippen MR) is 119 cm³/mol. The normalized spacial score (nSPS) is 14.8. The van der Waals surface area contributed by atoms with Crippen molar-refractivity contribution >= 4 is 16.8 Å². The van der Waals surface area contributed by atoms with Crippen molar-refractivity contribution in [3.05, 3.63) is 72.4 Å². The summed E-state index contributed by atoms with van der Waals surface area (Å²) in [5.74, 6) is 1.72. The molecule has 1 N–H and O–H groups in total. The number of nitrogens with one attached hydrogen (secondary N) is 1. The van der Waals surface area contributed by atoms with E-state index in [1.807, 2.05) is 44.2 Å². The molecule has 0 aliphatic heterocycles. The van der Waals surface area contributed by atoms with Gasteiger partial charge in [0.15, 0.2) is 5.82 Å². The van der Waals surface area contributed by atoms with Crippen LogP contribution in [0, 0.1) is 5.92 Å². The van der Waals surface area contributed by atoms with Crippen molar-refractivity contribution in [3.63, 3.8) is 0 Å². The maximum atomic E-state index is 13.2. The Morgan fingerprint density at radius 1 is 1.13 bits per heavy atom. The number of carbonyl (C=O) groups excluding carboxylic acids is 1. The molecule has 31 heavy (non-hydrogen) atoms. The van der Waals surface area contributed by atoms with Gasteiger partial charge in [0.25, 0.3) is 0 Å². The number of hydrogen-bond acceptors (Lipinski definition) is 4. The molecule has 2 aromatic heterocycles. The molecule has 1 unspecified atom stereocenters. The van der Waals surface area contributed by atoms with Crippen molar-refractivity contribution in [2.24, 2.45) is 5.92 Å². The van der Waals surface area contributed by atoms with Gasteiger partial charge in [-0.05, 0) is 36.5 Å². The van der Waals surface area contributed by atoms with Crippen molar-refractivity contribution in [3.8, 4) is 11.3 Å². The molecule has 1 amide bonds. The number of amides is 1. The molecule has 1 atom stereocenters. The maximum absolute atomic E-state index is 13.2. The Hall–Kier alpha value is -3.41. The molecule has 2 aromatic carbocycles. The fraction of sp³-hybridized carbons (Fsp3) is 0.320. The second-order valence-corrected chi connectivity index (χ2v) is 8.59. The minimum Gasteiger partial charge on any atom is -0.342 e. The van der Waals surface area contributed by atoms with E-state index in [1.54, 1.807) is 0 Å². The second-order valence-electron chi connectivity index (χ2n) is 8.59. The summed E-state index contributed by atoms with van der Waals surface area (Å²) in [4.78, 5) is 17.7. The van der Waals surface area contributed by atoms with Crippen LogP contribution in [-0.2, 0) is 11.3 Å². The molecule has 4 aromatic rings. The minimum absolute atomic E-state index is 0.0802. The fourth-order valence-electron chi connectivity index (χ4n) is 3.99. The van der Waals surface area contributed by atoms with Crippen LogP contribution in [0.4, 0.5) is 0 Å². The maximum Gasteiger partial charge on any atom is 0.249 e. The van der Waals surface area contributed by atoms with Crippen LogP contribution in [0.3, 0.4) is 0 Å². The summed E-state index contributed by atoms with van der Waals surface area (Å²) < 4.78 is 7.58. The first-order valence-corrected chi connectivity index (χ1v) is 10.9. The lowest BCUT2D eigenvalue weighted by Gasteiger charge is -2.19. The van der Waals surface area contributed by atoms with E-state index in [1.165, 1.54) is 0 Å². The largest absolute Gasteiger partial charge is 0.342 e. The molecule has 0 spiro atoms. The third kappa shape index (κ3) is 3.98. The molecular weight excluding hydrogens is 388 g/mol. The van der Waals surface area contributed by atoms with Gasteiger partial charge < -0.3 is 14.4 Å². The molecule has 1 aliphatic carbocycles. The van der Waals surface area contributed by atoms with Gasteiger partial charge in [-0.1, -0.05) is 67.5 Å². The molecule has 5 rings (SSSR count). The SMILES string of the molecule is CC(C)C(NC(=O)Cn1c(-c2ccccc2)cc2ccccc21)c1nc(C2CC2)no1. The number of carbonyl (C=O) groups is 1. The third-order valence-electron chi connectivity index (χ3n) is 5.83. The Morgan fingerprint density at radius 2 is 1.87 bits per heavy atom. The van der Waals surface area contributed by atoms with Gasteiger partial charge in [-0.3, -0.25) is 4.79 Å². The summed E-state index contributed by atoms with van der Waals surface area (Å²) >= 11 is 0. The van der Waals surface area contributed by atoms with Crippen molar-refractivity contribution in [1.82, 2.24) is 20.0 Å². The molecule has 158 valence electrons. The minimum atomic E-state index is -0.311. The van der Waals surface area contributed by atoms with Gasteiger partial charge in [-0.25, -0.2) is 0 Å². The zero-order chi connectivity index (χ0) is 21.4. The summed E-state index contributed by atoms with van der Waals surface area (Å²) in [6, 6.07) is 20.1. The van der Waals surface area contributed by atoms with E-state index in [-0.39, 0.29) is 24.4 Å². The van der Waals surface area contributed by atoms with Gasteiger partial charge in [0, 0.05) is 22.5 Å². The number of rotatable bonds is 7. The first kappa shape index (κ1) is 19.5. The lowest BCUT2D eigenvalue weighted by Crippen LogP contribution is -2.34. The molecule has 1 fully saturated rings. The lowest BCUT2D eigenvalue weighted by atomic mass is 10.0. The highest BCUT2D eigenvalue weighted by molar-refractivity contribution is 5.89. The summed E-state index contributed by atoms with van der Waals surface area (Å²) in [6.07, 6.45) is 2.22. The van der Waals surface area contributed by atoms with Gasteiger partial charge in [0.05, 0.1) is 0 Å². The van der Waals surface area contributed by atoms with E-state index < -0.39 is 0 Å². The predicted octanol–water partition coefficient (Wildman–Crippen LogP) is 5.08. The van der Waals surface area contributed by atoms with Crippen LogP contribution in [0.25, 0.3) is 22.2 Å². The van der Waals surface area contributed by atoms with Crippen molar-refractivity contribution in [1.29, 1.82) is 0 Å². The van der Waals surface area contributed by atoms with Gasteiger partial charge >= 0.3 is 0 Å². The van der Waals surface area contributed by atoms with E-state index in [4.69, 9.17) is 4.52 Å². The average molecular weight is 415 g/mol. The highest BCUT2D eigenvalue weighted by Crippen LogP contribution is 2.38. The van der Waals surface area contributed by atoms with E-state index in [2.05, 4.69) is 50.4 Å². The zero-order valence-electron chi connectivity index (χ0n) is 17.8. The molecule has 6 heteroatoms. The summed E-state index contributed by atoms with van der Waals surface area (Å²) in [5, 5.41) is 8.36. The summed E-state index contributed by atoms with van der Waals surface area (Å²) in [7, 11) is 0. The molecule has 0 bridgehead atoms. The lowest BCUT2D eigenvalue weighted by molar-refractivity contribution is -0.122. The highest BCUT2D eigenvalue weighted by Gasteiger charge is 2.31. The van der Waals surface area contributed by atoms with E-state index >= 15 is 0 Å². The quantitative estimate of drug-likeness (QED) is 0.458. The molecule has 6 nitrogen and oxygen atoms in total. The van der Waals surface area contributed by atoms with Gasteiger partial charge in [-0.15, -0.1) is 0 Å². The molecule has 1 saturated carbocycles. The number of para-hydroxylation sites is 1. The first-order valence-electron chi connectivity index (χ1n) is 10.9. The van der Waals surface area contributed by atoms with Crippen molar-refractivity contribution in [2.75, 3.05) is 0 Å². The topological polar surface area (TPSA) is 73.0 Å². The number of benzene rings is 2. The summed E-state index contributed by atoms with van der Waals surface area (Å²) in [5.41, 5.74) is 3.14. The fourth-order valence-corrected chi connectivity index (χ4v) is 3.99. The number of nitrogens with zero attached hydrogens (tertiary/aromatic N) is 3. The number of fused-ring (bicyclic) bond motifs is 1. The Bertz CT molecular complexity index is 1200. The molecule has 1 aliphatic rings. The Balaban J connectivity index is 1.42. The van der Waals surface area contributed by atoms with Gasteiger partial charge in [0.1, 0.15) is 12.6 Å². The third-order valence-corrected chi connectivity index (χ3v) is 5.83. The van der Waals surface area contributed by atoms with Crippen LogP contribution in [0.2, 0.25) is 0 Å². The average Bonchev–Trinajstić information content (AvgIpc) is 3.41. The van der Waals surface area contributed by atoms with E-state index in [9.17, 15) is 4.79 Å². The zero-order valence-corrected chi connectivity index (χ0v) is 17.8. The Kier molecular flexibility index (Phi) is 5.06. The molecular formula is C25H26N4O2. The van der Waals surface area contributed by atoms with Crippen LogP contribution in [0.5, 0.6) is 0 Å². The van der Waals surface area contributed by atoms with Crippen molar-refractivity contribution in [2.45, 2.75) is 45.2 Å². The van der Waals surface area contributed by atoms with E-state index in [0.29, 0.717) is 11.8 Å². The number of hydrogen-bond donors (Lipinski definition) is 1. The van der Waals surface area contributed by atoms with Crippen LogP contribution >= 0.6 is 0 Å². The van der Waals surface area contributed by atoms with Gasteiger partial charge in [0.2, 0.25) is 11.8 Å². The second kappa shape index (κ2) is 8.02. The van der Waals surface area contributed by atoms with Gasteiger partial charge in [-0.2, -0.15) is 4.98 Å². The molecule has 0 saturated heterocycles. The highest BCUT2D eigenvalue weighted by atomic mass is 16.5. The van der Waals surface area contributed by atoms with Crippen LogP contribution in [-0.4, -0.2) is 20.6 Å². The van der Waals surface area contributed by atoms with Crippen molar-refractivity contribution < 1.29 is 9.32 Å². The Morgan fingerprint density at radius 3 is 2.61 bits per heavy atom. The standard InChI is InChI=1S/C25H26N4O2/c1-16(2)23(25-27-24(28-31-25)18-12-13-18)26-22(30)15-29-20-11-7-6-10-19(20)14-21(29)17-8-4-3-5-9-17/h3-11,14,16,18,23H,12-13,15H2,1-2H3,(H,26,30). The van der Waals surface area contributed by atoms with Crippen LogP contribution in [0.1, 0.15) is 50.4 Å². The summed E-state index contributed by atoms with van der Waals surface area (Å²) in [6.45, 7) is 4.31. The van der Waals surface area contributed by atoms with Crippen LogP contribution in [0.15, 0.2) is 65.2 Å². The molecule has 0 radical (unpaired) electrons. The smallest absolute Gasteiger partial charge is 0.249 e. The number of aromatic nitrogens is 3. The monoisotopic (exact) mass is 414 g/mol. The molecule has 2 heterocycles. The first-order chi connectivity index (χ1) is 15.1.